The molecule has 6 nitrogen and oxygen atoms in total. The topological polar surface area (TPSA) is 95.5 Å². The highest BCUT2D eigenvalue weighted by Gasteiger charge is 2.15. The Kier molecular flexibility index (Phi) is 3.15. The first-order chi connectivity index (χ1) is 8.50. The number of nitro benzene ring substituents is 1. The number of non-ortho nitro benzene ring substituents is 1. The van der Waals surface area contributed by atoms with Gasteiger partial charge in [0.05, 0.1) is 14.8 Å². The van der Waals surface area contributed by atoms with Crippen molar-refractivity contribution in [3.05, 3.63) is 44.9 Å². The lowest BCUT2D eigenvalue weighted by Gasteiger charge is -2.07. The molecule has 0 bridgehead atoms. The second-order valence-corrected chi connectivity index (χ2v) is 4.22. The van der Waals surface area contributed by atoms with Crippen molar-refractivity contribution in [3.63, 3.8) is 0 Å². The highest BCUT2D eigenvalue weighted by molar-refractivity contribution is 9.10. The van der Waals surface area contributed by atoms with Gasteiger partial charge < -0.3 is 10.5 Å². The number of hydrogen-bond donors (Lipinski definition) is 1. The molecule has 0 saturated carbocycles. The van der Waals surface area contributed by atoms with Crippen LogP contribution in [0.3, 0.4) is 0 Å². The Morgan fingerprint density at radius 1 is 1.28 bits per heavy atom. The number of carbonyl (C=O) groups is 1. The molecule has 0 atom stereocenters. The van der Waals surface area contributed by atoms with Crippen LogP contribution in [0.4, 0.5) is 10.5 Å². The molecule has 0 heterocycles. The fourth-order valence-electron chi connectivity index (χ4n) is 1.63. The summed E-state index contributed by atoms with van der Waals surface area (Å²) in [5, 5.41) is 11.9. The molecule has 0 aliphatic carbocycles. The minimum Gasteiger partial charge on any atom is -0.409 e. The molecular formula is C11H7BrN2O4. The molecule has 0 spiro atoms. The number of carbonyl (C=O) groups excluding carboxylic acids is 1. The standard InChI is InChI=1S/C11H7BrN2O4/c12-10-7-2-1-3-8(14(16)17)6(7)4-5-9(10)18-11(13)15/h1-5H,(H2,13,15). The van der Waals surface area contributed by atoms with Crippen LogP contribution < -0.4 is 10.5 Å². The molecule has 2 aromatic rings. The summed E-state index contributed by atoms with van der Waals surface area (Å²) >= 11 is 3.24. The summed E-state index contributed by atoms with van der Waals surface area (Å²) < 4.78 is 5.22. The fourth-order valence-corrected chi connectivity index (χ4v) is 2.19. The number of fused-ring (bicyclic) bond motifs is 1. The average Bonchev–Trinajstić information content (AvgIpc) is 2.31. The predicted octanol–water partition coefficient (Wildman–Crippen LogP) is 2.97. The SMILES string of the molecule is NC(=O)Oc1ccc2c([N+](=O)[O-])cccc2c1Br. The van der Waals surface area contributed by atoms with Crippen LogP contribution in [-0.2, 0) is 0 Å². The van der Waals surface area contributed by atoms with Crippen molar-refractivity contribution >= 4 is 38.5 Å². The minimum atomic E-state index is -0.944. The fraction of sp³-hybridized carbons (Fsp3) is 0. The van der Waals surface area contributed by atoms with Crippen LogP contribution in [0.2, 0.25) is 0 Å². The van der Waals surface area contributed by atoms with E-state index in [0.29, 0.717) is 15.2 Å². The van der Waals surface area contributed by atoms with E-state index >= 15 is 0 Å². The largest absolute Gasteiger partial charge is 0.410 e. The first-order valence-corrected chi connectivity index (χ1v) is 5.63. The lowest BCUT2D eigenvalue weighted by atomic mass is 10.1. The predicted molar refractivity (Wildman–Crippen MR) is 68.5 cm³/mol. The Morgan fingerprint density at radius 2 is 2.00 bits per heavy atom. The quantitative estimate of drug-likeness (QED) is 0.681. The van der Waals surface area contributed by atoms with Gasteiger partial charge in [-0.3, -0.25) is 10.1 Å². The Labute approximate surface area is 110 Å². The van der Waals surface area contributed by atoms with Gasteiger partial charge in [0.15, 0.2) is 0 Å². The zero-order valence-electron chi connectivity index (χ0n) is 8.92. The first kappa shape index (κ1) is 12.3. The van der Waals surface area contributed by atoms with Crippen LogP contribution in [0.15, 0.2) is 34.8 Å². The van der Waals surface area contributed by atoms with Crippen LogP contribution in [-0.4, -0.2) is 11.0 Å². The Balaban J connectivity index is 2.69. The number of hydrogen-bond acceptors (Lipinski definition) is 4. The van der Waals surface area contributed by atoms with Crippen molar-refractivity contribution in [2.45, 2.75) is 0 Å². The molecule has 0 radical (unpaired) electrons. The number of nitrogens with two attached hydrogens (primary N) is 1. The molecule has 0 fully saturated rings. The number of halogens is 1. The lowest BCUT2D eigenvalue weighted by Crippen LogP contribution is -2.16. The molecular weight excluding hydrogens is 304 g/mol. The van der Waals surface area contributed by atoms with E-state index < -0.39 is 11.0 Å². The van der Waals surface area contributed by atoms with E-state index in [1.165, 1.54) is 18.2 Å². The number of nitrogens with zero attached hydrogens (tertiary/aromatic N) is 1. The average molecular weight is 311 g/mol. The first-order valence-electron chi connectivity index (χ1n) is 4.83. The van der Waals surface area contributed by atoms with Gasteiger partial charge in [0.25, 0.3) is 5.69 Å². The van der Waals surface area contributed by atoms with Crippen LogP contribution in [0.1, 0.15) is 0 Å². The summed E-state index contributed by atoms with van der Waals surface area (Å²) in [6.07, 6.45) is -0.944. The van der Waals surface area contributed by atoms with Gasteiger partial charge in [-0.25, -0.2) is 4.79 Å². The maximum atomic E-state index is 10.9. The van der Waals surface area contributed by atoms with Gasteiger partial charge in [-0.15, -0.1) is 0 Å². The Morgan fingerprint density at radius 3 is 2.61 bits per heavy atom. The van der Waals surface area contributed by atoms with Crippen molar-refractivity contribution in [1.82, 2.24) is 0 Å². The molecule has 2 N–H and O–H groups in total. The highest BCUT2D eigenvalue weighted by Crippen LogP contribution is 2.36. The number of primary amides is 1. The normalized spacial score (nSPS) is 10.3. The molecule has 0 aromatic heterocycles. The summed E-state index contributed by atoms with van der Waals surface area (Å²) in [5.41, 5.74) is 4.91. The number of nitro groups is 1. The maximum Gasteiger partial charge on any atom is 0.410 e. The second-order valence-electron chi connectivity index (χ2n) is 3.43. The van der Waals surface area contributed by atoms with E-state index in [9.17, 15) is 14.9 Å². The summed E-state index contributed by atoms with van der Waals surface area (Å²) in [6.45, 7) is 0. The Hall–Kier alpha value is -2.15. The van der Waals surface area contributed by atoms with E-state index in [0.717, 1.165) is 0 Å². The van der Waals surface area contributed by atoms with E-state index in [1.54, 1.807) is 12.1 Å². The summed E-state index contributed by atoms with van der Waals surface area (Å²) in [5.74, 6) is 0.218. The van der Waals surface area contributed by atoms with Gasteiger partial charge in [-0.1, -0.05) is 12.1 Å². The Bertz CT molecular complexity index is 657. The number of amides is 1. The number of rotatable bonds is 2. The number of ether oxygens (including phenoxy) is 1. The third-order valence-electron chi connectivity index (χ3n) is 2.34. The van der Waals surface area contributed by atoms with Gasteiger partial charge in [0.2, 0.25) is 0 Å². The zero-order valence-corrected chi connectivity index (χ0v) is 10.5. The van der Waals surface area contributed by atoms with Gasteiger partial charge in [-0.05, 0) is 28.1 Å². The van der Waals surface area contributed by atoms with E-state index in [4.69, 9.17) is 10.5 Å². The molecule has 0 aliphatic heterocycles. The zero-order chi connectivity index (χ0) is 13.3. The molecule has 2 aromatic carbocycles. The van der Waals surface area contributed by atoms with Crippen molar-refractivity contribution in [3.8, 4) is 5.75 Å². The molecule has 0 aliphatic rings. The molecule has 2 rings (SSSR count). The van der Waals surface area contributed by atoms with Gasteiger partial charge in [-0.2, -0.15) is 0 Å². The molecule has 0 saturated heterocycles. The van der Waals surface area contributed by atoms with Crippen molar-refractivity contribution < 1.29 is 14.5 Å². The molecule has 1 amide bonds. The molecule has 0 unspecified atom stereocenters. The van der Waals surface area contributed by atoms with Crippen LogP contribution in [0.5, 0.6) is 5.75 Å². The molecule has 7 heteroatoms. The smallest absolute Gasteiger partial charge is 0.409 e. The van der Waals surface area contributed by atoms with Crippen LogP contribution in [0.25, 0.3) is 10.8 Å². The summed E-state index contributed by atoms with van der Waals surface area (Å²) in [6, 6.07) is 7.60. The molecule has 18 heavy (non-hydrogen) atoms. The maximum absolute atomic E-state index is 10.9. The van der Waals surface area contributed by atoms with E-state index in [1.807, 2.05) is 0 Å². The third kappa shape index (κ3) is 2.12. The van der Waals surface area contributed by atoms with E-state index in [2.05, 4.69) is 15.9 Å². The van der Waals surface area contributed by atoms with Crippen LogP contribution in [0, 0.1) is 10.1 Å². The molecule has 92 valence electrons. The number of benzene rings is 2. The van der Waals surface area contributed by atoms with Gasteiger partial charge in [0, 0.05) is 11.5 Å². The van der Waals surface area contributed by atoms with Crippen molar-refractivity contribution in [1.29, 1.82) is 0 Å². The van der Waals surface area contributed by atoms with Crippen molar-refractivity contribution in [2.24, 2.45) is 5.73 Å². The minimum absolute atomic E-state index is 0.0150. The lowest BCUT2D eigenvalue weighted by molar-refractivity contribution is -0.383. The van der Waals surface area contributed by atoms with Gasteiger partial charge in [0.1, 0.15) is 5.75 Å². The summed E-state index contributed by atoms with van der Waals surface area (Å²) in [4.78, 5) is 21.1. The van der Waals surface area contributed by atoms with E-state index in [-0.39, 0.29) is 11.4 Å². The monoisotopic (exact) mass is 310 g/mol. The summed E-state index contributed by atoms with van der Waals surface area (Å²) in [7, 11) is 0. The van der Waals surface area contributed by atoms with Gasteiger partial charge >= 0.3 is 6.09 Å². The van der Waals surface area contributed by atoms with Crippen LogP contribution >= 0.6 is 15.9 Å². The second kappa shape index (κ2) is 4.61. The highest BCUT2D eigenvalue weighted by atomic mass is 79.9. The third-order valence-corrected chi connectivity index (χ3v) is 3.16. The van der Waals surface area contributed by atoms with Crippen molar-refractivity contribution in [2.75, 3.05) is 0 Å².